The second-order valence-electron chi connectivity index (χ2n) is 7.23. The first-order chi connectivity index (χ1) is 12.6. The van der Waals surface area contributed by atoms with Gasteiger partial charge in [-0.05, 0) is 67.6 Å². The van der Waals surface area contributed by atoms with E-state index in [0.717, 1.165) is 40.7 Å². The van der Waals surface area contributed by atoms with Crippen molar-refractivity contribution in [2.24, 2.45) is 0 Å². The Bertz CT molecular complexity index is 1040. The fraction of sp³-hybridized carbons (Fsp3) is 0.286. The third-order valence-electron chi connectivity index (χ3n) is 5.78. The molecular weight excluding hydrogens is 327 g/mol. The maximum atomic E-state index is 14.0. The average molecular weight is 348 g/mol. The largest absolute Gasteiger partial charge is 0.349 e. The topological polar surface area (TPSA) is 35.2 Å². The van der Waals surface area contributed by atoms with E-state index in [1.165, 1.54) is 17.7 Å². The van der Waals surface area contributed by atoms with Crippen LogP contribution in [0.25, 0.3) is 10.9 Å². The Balaban J connectivity index is 1.65. The molecule has 1 atom stereocenters. The quantitative estimate of drug-likeness (QED) is 0.724. The lowest BCUT2D eigenvalue weighted by Gasteiger charge is -2.33. The van der Waals surface area contributed by atoms with Crippen molar-refractivity contribution in [3.05, 3.63) is 70.9 Å². The van der Waals surface area contributed by atoms with Crippen LogP contribution in [-0.4, -0.2) is 21.6 Å². The van der Waals surface area contributed by atoms with Crippen LogP contribution < -0.4 is 4.90 Å². The van der Waals surface area contributed by atoms with Crippen LogP contribution in [0, 0.1) is 19.7 Å². The maximum Gasteiger partial charge on any atom is 0.132 e. The van der Waals surface area contributed by atoms with Crippen molar-refractivity contribution in [2.75, 3.05) is 11.4 Å². The monoisotopic (exact) mass is 348 g/mol. The van der Waals surface area contributed by atoms with Crippen molar-refractivity contribution in [3.63, 3.8) is 0 Å². The van der Waals surface area contributed by atoms with Crippen molar-refractivity contribution in [3.8, 4) is 0 Å². The summed E-state index contributed by atoms with van der Waals surface area (Å²) in [6, 6.07) is 9.94. The van der Waals surface area contributed by atoms with Crippen LogP contribution in [0.15, 0.2) is 48.4 Å². The van der Waals surface area contributed by atoms with Gasteiger partial charge in [-0.1, -0.05) is 6.07 Å². The number of nitrogens with one attached hydrogen (secondary N) is 1. The first-order valence-corrected chi connectivity index (χ1v) is 9.08. The lowest BCUT2D eigenvalue weighted by molar-refractivity contribution is 0.319. The Morgan fingerprint density at radius 2 is 2.04 bits per heavy atom. The molecule has 1 saturated heterocycles. The molecule has 0 spiro atoms. The smallest absolute Gasteiger partial charge is 0.132 e. The molecule has 2 aliphatic heterocycles. The van der Waals surface area contributed by atoms with E-state index < -0.39 is 0 Å². The van der Waals surface area contributed by atoms with Crippen molar-refractivity contribution >= 4 is 16.6 Å². The summed E-state index contributed by atoms with van der Waals surface area (Å²) in [5.41, 5.74) is 6.43. The van der Waals surface area contributed by atoms with Crippen LogP contribution in [0.5, 0.6) is 0 Å². The van der Waals surface area contributed by atoms with Gasteiger partial charge in [0.25, 0.3) is 0 Å². The van der Waals surface area contributed by atoms with Crippen LogP contribution in [0.3, 0.4) is 0 Å². The minimum Gasteiger partial charge on any atom is -0.349 e. The first-order valence-electron chi connectivity index (χ1n) is 9.08. The molecule has 1 fully saturated rings. The highest BCUT2D eigenvalue weighted by Gasteiger charge is 2.37. The van der Waals surface area contributed by atoms with Gasteiger partial charge in [-0.3, -0.25) is 5.10 Å². The first kappa shape index (κ1) is 15.4. The van der Waals surface area contributed by atoms with Gasteiger partial charge in [0.2, 0.25) is 0 Å². The van der Waals surface area contributed by atoms with E-state index >= 15 is 0 Å². The van der Waals surface area contributed by atoms with Crippen molar-refractivity contribution < 1.29 is 4.39 Å². The summed E-state index contributed by atoms with van der Waals surface area (Å²) in [5.74, 6) is -0.144. The van der Waals surface area contributed by atoms with Gasteiger partial charge in [-0.25, -0.2) is 4.39 Å². The van der Waals surface area contributed by atoms with Crippen LogP contribution in [0.2, 0.25) is 0 Å². The molecule has 0 amide bonds. The van der Waals surface area contributed by atoms with E-state index in [1.807, 2.05) is 26.1 Å². The zero-order valence-corrected chi connectivity index (χ0v) is 15.0. The standard InChI is InChI=1S/C21H21FN4/c1-13-14(2)20(8-6-18(13)22)26-12-17-4-3-9-25(17)21(26)15-5-7-19-16(10-15)11-23-24-19/h5-8,10-12,21H,3-4,9H2,1-2H3,(H,23,24). The molecule has 0 bridgehead atoms. The van der Waals surface area contributed by atoms with E-state index in [4.69, 9.17) is 0 Å². The van der Waals surface area contributed by atoms with Crippen molar-refractivity contribution in [1.29, 1.82) is 0 Å². The predicted molar refractivity (Wildman–Crippen MR) is 101 cm³/mol. The molecule has 5 rings (SSSR count). The number of anilines is 1. The van der Waals surface area contributed by atoms with Gasteiger partial charge in [0, 0.05) is 29.5 Å². The number of aromatic amines is 1. The molecule has 0 radical (unpaired) electrons. The molecular formula is C21H21FN4. The molecule has 26 heavy (non-hydrogen) atoms. The summed E-state index contributed by atoms with van der Waals surface area (Å²) in [5, 5.41) is 8.27. The molecule has 0 aliphatic carbocycles. The van der Waals surface area contributed by atoms with Gasteiger partial charge in [0.15, 0.2) is 0 Å². The van der Waals surface area contributed by atoms with Crippen LogP contribution in [0.4, 0.5) is 10.1 Å². The summed E-state index contributed by atoms with van der Waals surface area (Å²) in [6.45, 7) is 4.91. The molecule has 5 heteroatoms. The number of nitrogens with zero attached hydrogens (tertiary/aromatic N) is 3. The van der Waals surface area contributed by atoms with Gasteiger partial charge in [0.05, 0.1) is 11.7 Å². The van der Waals surface area contributed by atoms with Crippen LogP contribution in [-0.2, 0) is 0 Å². The second kappa shape index (κ2) is 5.59. The number of benzene rings is 2. The molecule has 1 N–H and O–H groups in total. The normalized spacial score (nSPS) is 19.3. The van der Waals surface area contributed by atoms with Gasteiger partial charge < -0.3 is 9.80 Å². The number of aromatic nitrogens is 2. The fourth-order valence-corrected chi connectivity index (χ4v) is 4.23. The Morgan fingerprint density at radius 3 is 2.92 bits per heavy atom. The Labute approximate surface area is 151 Å². The number of hydrogen-bond donors (Lipinski definition) is 1. The zero-order valence-electron chi connectivity index (χ0n) is 15.0. The average Bonchev–Trinajstić information content (AvgIpc) is 3.34. The van der Waals surface area contributed by atoms with Gasteiger partial charge in [0.1, 0.15) is 12.0 Å². The van der Waals surface area contributed by atoms with Gasteiger partial charge in [-0.15, -0.1) is 0 Å². The molecule has 1 aromatic heterocycles. The molecule has 0 saturated carbocycles. The number of allylic oxidation sites excluding steroid dienone is 1. The second-order valence-corrected chi connectivity index (χ2v) is 7.23. The van der Waals surface area contributed by atoms with Crippen molar-refractivity contribution in [1.82, 2.24) is 15.1 Å². The summed E-state index contributed by atoms with van der Waals surface area (Å²) in [4.78, 5) is 4.77. The Hall–Kier alpha value is -2.82. The Kier molecular flexibility index (Phi) is 3.32. The highest BCUT2D eigenvalue weighted by atomic mass is 19.1. The minimum absolute atomic E-state index is 0.107. The number of rotatable bonds is 2. The molecule has 2 aliphatic rings. The predicted octanol–water partition coefficient (Wildman–Crippen LogP) is 4.77. The van der Waals surface area contributed by atoms with Crippen molar-refractivity contribution in [2.45, 2.75) is 32.9 Å². The molecule has 132 valence electrons. The van der Waals surface area contributed by atoms with E-state index in [1.54, 1.807) is 6.07 Å². The molecule has 3 heterocycles. The summed E-state index contributed by atoms with van der Waals surface area (Å²) in [6.07, 6.45) is 6.50. The van der Waals surface area contributed by atoms with E-state index in [-0.39, 0.29) is 12.0 Å². The van der Waals surface area contributed by atoms with E-state index in [9.17, 15) is 4.39 Å². The summed E-state index contributed by atoms with van der Waals surface area (Å²) < 4.78 is 14.0. The molecule has 2 aromatic carbocycles. The minimum atomic E-state index is -0.144. The third kappa shape index (κ3) is 2.16. The zero-order chi connectivity index (χ0) is 17.8. The summed E-state index contributed by atoms with van der Waals surface area (Å²) in [7, 11) is 0. The molecule has 3 aromatic rings. The lowest BCUT2D eigenvalue weighted by atomic mass is 10.0. The number of fused-ring (bicyclic) bond motifs is 2. The SMILES string of the molecule is Cc1c(F)ccc(N2C=C3CCCN3C2c2ccc3[nH]ncc3c2)c1C. The highest BCUT2D eigenvalue weighted by Crippen LogP contribution is 2.44. The van der Waals surface area contributed by atoms with Gasteiger partial charge >= 0.3 is 0 Å². The van der Waals surface area contributed by atoms with Crippen LogP contribution in [0.1, 0.15) is 35.7 Å². The van der Waals surface area contributed by atoms with Crippen LogP contribution >= 0.6 is 0 Å². The van der Waals surface area contributed by atoms with E-state index in [0.29, 0.717) is 0 Å². The highest BCUT2D eigenvalue weighted by molar-refractivity contribution is 5.79. The molecule has 1 unspecified atom stereocenters. The number of halogens is 1. The number of hydrogen-bond acceptors (Lipinski definition) is 3. The van der Waals surface area contributed by atoms with Gasteiger partial charge in [-0.2, -0.15) is 5.10 Å². The third-order valence-corrected chi connectivity index (χ3v) is 5.78. The van der Waals surface area contributed by atoms with E-state index in [2.05, 4.69) is 44.4 Å². The summed E-state index contributed by atoms with van der Waals surface area (Å²) >= 11 is 0. The fourth-order valence-electron chi connectivity index (χ4n) is 4.23. The maximum absolute atomic E-state index is 14.0. The lowest BCUT2D eigenvalue weighted by Crippen LogP contribution is -2.31. The molecule has 4 nitrogen and oxygen atoms in total. The number of H-pyrrole nitrogens is 1. The Morgan fingerprint density at radius 1 is 1.15 bits per heavy atom.